The molecule has 4 rings (SSSR count). The van der Waals surface area contributed by atoms with Crippen molar-refractivity contribution in [3.8, 4) is 0 Å². The summed E-state index contributed by atoms with van der Waals surface area (Å²) in [6.45, 7) is 0.864. The molecule has 24 heavy (non-hydrogen) atoms. The first-order valence-corrected chi connectivity index (χ1v) is 9.09. The molecule has 0 bridgehead atoms. The van der Waals surface area contributed by atoms with Crippen LogP contribution >= 0.6 is 0 Å². The van der Waals surface area contributed by atoms with Gasteiger partial charge in [0.25, 0.3) is 0 Å². The van der Waals surface area contributed by atoms with Crippen LogP contribution in [0.5, 0.6) is 0 Å². The van der Waals surface area contributed by atoms with Gasteiger partial charge in [-0.05, 0) is 55.2 Å². The molecule has 1 aromatic carbocycles. The number of aromatic nitrogens is 2. The monoisotopic (exact) mass is 323 g/mol. The third-order valence-electron chi connectivity index (χ3n) is 5.45. The lowest BCUT2D eigenvalue weighted by molar-refractivity contribution is -0.131. The lowest BCUT2D eigenvalue weighted by Gasteiger charge is -2.24. The lowest BCUT2D eigenvalue weighted by Crippen LogP contribution is -2.31. The number of hydrogen-bond acceptors (Lipinski definition) is 2. The maximum atomic E-state index is 12.9. The quantitative estimate of drug-likeness (QED) is 0.870. The molecule has 0 N–H and O–H groups in total. The van der Waals surface area contributed by atoms with Crippen molar-refractivity contribution in [3.05, 3.63) is 52.8 Å². The number of carbonyl (C=O) groups excluding carboxylic acids is 1. The molecule has 0 saturated carbocycles. The summed E-state index contributed by atoms with van der Waals surface area (Å²) in [5.41, 5.74) is 5.26. The highest BCUT2D eigenvalue weighted by Gasteiger charge is 2.30. The standard InChI is InChI=1S/C20H25N3O/c1-22-14-18(13-21-22)19-7-4-10-23(19)20(24)12-15-8-9-16-5-2-3-6-17(16)11-15/h8-9,11,13-14,19H,2-7,10,12H2,1H3. The second-order valence-electron chi connectivity index (χ2n) is 7.18. The number of amides is 1. The fraction of sp³-hybridized carbons (Fsp3) is 0.500. The maximum Gasteiger partial charge on any atom is 0.227 e. The SMILES string of the molecule is Cn1cc(C2CCCN2C(=O)Cc2ccc3c(c2)CCCC3)cn1. The maximum absolute atomic E-state index is 12.9. The van der Waals surface area contributed by atoms with E-state index in [9.17, 15) is 4.79 Å². The van der Waals surface area contributed by atoms with Gasteiger partial charge in [0, 0.05) is 25.4 Å². The summed E-state index contributed by atoms with van der Waals surface area (Å²) in [4.78, 5) is 14.9. The highest BCUT2D eigenvalue weighted by molar-refractivity contribution is 5.79. The van der Waals surface area contributed by atoms with Crippen molar-refractivity contribution < 1.29 is 4.79 Å². The molecule has 4 nitrogen and oxygen atoms in total. The molecule has 1 aliphatic heterocycles. The second-order valence-corrected chi connectivity index (χ2v) is 7.18. The van der Waals surface area contributed by atoms with Crippen LogP contribution in [0.15, 0.2) is 30.6 Å². The number of benzene rings is 1. The number of likely N-dealkylation sites (tertiary alicyclic amines) is 1. The van der Waals surface area contributed by atoms with Crippen LogP contribution in [-0.2, 0) is 31.1 Å². The van der Waals surface area contributed by atoms with E-state index >= 15 is 0 Å². The normalized spacial score (nSPS) is 20.2. The Morgan fingerprint density at radius 2 is 2.04 bits per heavy atom. The predicted octanol–water partition coefficient (Wildman–Crippen LogP) is 3.21. The number of rotatable bonds is 3. The van der Waals surface area contributed by atoms with E-state index in [0.29, 0.717) is 6.42 Å². The minimum Gasteiger partial charge on any atom is -0.335 e. The van der Waals surface area contributed by atoms with Crippen LogP contribution in [0.4, 0.5) is 0 Å². The average molecular weight is 323 g/mol. The van der Waals surface area contributed by atoms with Crippen molar-refractivity contribution >= 4 is 5.91 Å². The van der Waals surface area contributed by atoms with E-state index in [2.05, 4.69) is 28.2 Å². The predicted molar refractivity (Wildman–Crippen MR) is 93.7 cm³/mol. The molecule has 1 fully saturated rings. The highest BCUT2D eigenvalue weighted by atomic mass is 16.2. The summed E-state index contributed by atoms with van der Waals surface area (Å²) in [5.74, 6) is 0.247. The largest absolute Gasteiger partial charge is 0.335 e. The molecule has 0 spiro atoms. The molecule has 1 unspecified atom stereocenters. The van der Waals surface area contributed by atoms with Crippen molar-refractivity contribution in [2.75, 3.05) is 6.54 Å². The molecule has 0 radical (unpaired) electrons. The minimum atomic E-state index is 0.198. The Balaban J connectivity index is 1.49. The van der Waals surface area contributed by atoms with Gasteiger partial charge in [-0.2, -0.15) is 5.10 Å². The molecular weight excluding hydrogens is 298 g/mol. The van der Waals surface area contributed by atoms with Gasteiger partial charge in [0.1, 0.15) is 0 Å². The van der Waals surface area contributed by atoms with Crippen molar-refractivity contribution in [2.45, 2.75) is 51.0 Å². The Kier molecular flexibility index (Phi) is 4.13. The molecule has 1 aliphatic carbocycles. The van der Waals surface area contributed by atoms with Gasteiger partial charge in [-0.1, -0.05) is 18.2 Å². The van der Waals surface area contributed by atoms with E-state index in [1.54, 1.807) is 0 Å². The summed E-state index contributed by atoms with van der Waals surface area (Å²) < 4.78 is 1.82. The van der Waals surface area contributed by atoms with Gasteiger partial charge in [0.05, 0.1) is 18.7 Å². The van der Waals surface area contributed by atoms with Crippen LogP contribution in [0.25, 0.3) is 0 Å². The van der Waals surface area contributed by atoms with E-state index in [1.807, 2.05) is 24.1 Å². The van der Waals surface area contributed by atoms with Gasteiger partial charge >= 0.3 is 0 Å². The van der Waals surface area contributed by atoms with Crippen molar-refractivity contribution in [3.63, 3.8) is 0 Å². The Morgan fingerprint density at radius 1 is 1.21 bits per heavy atom. The number of aryl methyl sites for hydroxylation is 3. The summed E-state index contributed by atoms with van der Waals surface area (Å²) in [6.07, 6.45) is 11.5. The van der Waals surface area contributed by atoms with Crippen LogP contribution in [0.1, 0.15) is 54.0 Å². The summed E-state index contributed by atoms with van der Waals surface area (Å²) >= 11 is 0. The molecule has 2 heterocycles. The van der Waals surface area contributed by atoms with Crippen LogP contribution < -0.4 is 0 Å². The van der Waals surface area contributed by atoms with Crippen molar-refractivity contribution in [1.82, 2.24) is 14.7 Å². The zero-order valence-corrected chi connectivity index (χ0v) is 14.4. The van der Waals surface area contributed by atoms with Gasteiger partial charge in [-0.15, -0.1) is 0 Å². The zero-order chi connectivity index (χ0) is 16.5. The molecule has 126 valence electrons. The molecule has 1 amide bonds. The van der Waals surface area contributed by atoms with E-state index < -0.39 is 0 Å². The topological polar surface area (TPSA) is 38.1 Å². The minimum absolute atomic E-state index is 0.198. The van der Waals surface area contributed by atoms with Gasteiger partial charge in [0.15, 0.2) is 0 Å². The summed E-state index contributed by atoms with van der Waals surface area (Å²) in [5, 5.41) is 4.27. The summed E-state index contributed by atoms with van der Waals surface area (Å²) in [6, 6.07) is 6.85. The third kappa shape index (κ3) is 2.97. The molecular formula is C20H25N3O. The van der Waals surface area contributed by atoms with Gasteiger partial charge in [-0.25, -0.2) is 0 Å². The van der Waals surface area contributed by atoms with E-state index in [-0.39, 0.29) is 11.9 Å². The number of hydrogen-bond donors (Lipinski definition) is 0. The Morgan fingerprint density at radius 3 is 2.83 bits per heavy atom. The second kappa shape index (κ2) is 6.42. The lowest BCUT2D eigenvalue weighted by atomic mass is 9.90. The average Bonchev–Trinajstić information content (AvgIpc) is 3.23. The Hall–Kier alpha value is -2.10. The first kappa shape index (κ1) is 15.4. The fourth-order valence-corrected chi connectivity index (χ4v) is 4.20. The fourth-order valence-electron chi connectivity index (χ4n) is 4.20. The first-order valence-electron chi connectivity index (χ1n) is 9.09. The van der Waals surface area contributed by atoms with Crippen LogP contribution in [0, 0.1) is 0 Å². The van der Waals surface area contributed by atoms with Crippen molar-refractivity contribution in [1.29, 1.82) is 0 Å². The van der Waals surface area contributed by atoms with Gasteiger partial charge < -0.3 is 4.90 Å². The molecule has 4 heteroatoms. The third-order valence-corrected chi connectivity index (χ3v) is 5.45. The molecule has 1 aromatic heterocycles. The van der Waals surface area contributed by atoms with E-state index in [0.717, 1.165) is 30.5 Å². The van der Waals surface area contributed by atoms with Gasteiger partial charge in [-0.3, -0.25) is 9.48 Å². The van der Waals surface area contributed by atoms with Gasteiger partial charge in [0.2, 0.25) is 5.91 Å². The number of nitrogens with zero attached hydrogens (tertiary/aromatic N) is 3. The van der Waals surface area contributed by atoms with Crippen LogP contribution in [0.2, 0.25) is 0 Å². The van der Waals surface area contributed by atoms with Crippen molar-refractivity contribution in [2.24, 2.45) is 7.05 Å². The van der Waals surface area contributed by atoms with E-state index in [1.165, 1.54) is 36.8 Å². The Bertz CT molecular complexity index is 749. The number of carbonyl (C=O) groups is 1. The molecule has 1 saturated heterocycles. The van der Waals surface area contributed by atoms with E-state index in [4.69, 9.17) is 0 Å². The van der Waals surface area contributed by atoms with Crippen LogP contribution in [0.3, 0.4) is 0 Å². The highest BCUT2D eigenvalue weighted by Crippen LogP contribution is 2.32. The summed E-state index contributed by atoms with van der Waals surface area (Å²) in [7, 11) is 1.93. The smallest absolute Gasteiger partial charge is 0.227 e. The number of fused-ring (bicyclic) bond motifs is 1. The van der Waals surface area contributed by atoms with Crippen LogP contribution in [-0.4, -0.2) is 27.1 Å². The molecule has 2 aromatic rings. The molecule has 2 aliphatic rings. The molecule has 1 atom stereocenters. The first-order chi connectivity index (χ1) is 11.7. The Labute approximate surface area is 143 Å². The zero-order valence-electron chi connectivity index (χ0n) is 14.4.